The minimum absolute atomic E-state index is 0.206. The number of ether oxygens (including phenoxy) is 1. The summed E-state index contributed by atoms with van der Waals surface area (Å²) in [5.74, 6) is 1.35. The molecule has 0 spiro atoms. The Bertz CT molecular complexity index is 953. The van der Waals surface area contributed by atoms with E-state index in [0.717, 1.165) is 11.3 Å². The summed E-state index contributed by atoms with van der Waals surface area (Å²) in [4.78, 5) is 3.99. The van der Waals surface area contributed by atoms with Crippen LogP contribution in [0, 0.1) is 0 Å². The van der Waals surface area contributed by atoms with E-state index in [2.05, 4.69) is 10.1 Å². The summed E-state index contributed by atoms with van der Waals surface area (Å²) in [5, 5.41) is 5.81. The number of hydrogen-bond donors (Lipinski definition) is 0. The molecule has 7 nitrogen and oxygen atoms in total. The third-order valence-corrected chi connectivity index (χ3v) is 7.19. The van der Waals surface area contributed by atoms with E-state index in [0.29, 0.717) is 28.6 Å². The van der Waals surface area contributed by atoms with Crippen LogP contribution in [-0.2, 0) is 29.6 Å². The Morgan fingerprint density at radius 2 is 2.24 bits per heavy atom. The summed E-state index contributed by atoms with van der Waals surface area (Å²) in [6.45, 7) is 0.827. The third kappa shape index (κ3) is 3.17. The first-order valence-electron chi connectivity index (χ1n) is 7.67. The second-order valence-electron chi connectivity index (χ2n) is 5.53. The highest BCUT2D eigenvalue weighted by molar-refractivity contribution is 7.91. The van der Waals surface area contributed by atoms with Gasteiger partial charge in [-0.1, -0.05) is 11.2 Å². The van der Waals surface area contributed by atoms with Crippen LogP contribution in [-0.4, -0.2) is 29.4 Å². The molecule has 0 aliphatic carbocycles. The van der Waals surface area contributed by atoms with Crippen molar-refractivity contribution in [2.24, 2.45) is 0 Å². The lowest BCUT2D eigenvalue weighted by molar-refractivity contribution is 0.286. The molecule has 25 heavy (non-hydrogen) atoms. The molecule has 0 atom stereocenters. The van der Waals surface area contributed by atoms with Crippen molar-refractivity contribution in [3.05, 3.63) is 59.1 Å². The van der Waals surface area contributed by atoms with Crippen molar-refractivity contribution in [2.45, 2.75) is 23.8 Å². The van der Waals surface area contributed by atoms with Crippen LogP contribution in [0.25, 0.3) is 0 Å². The van der Waals surface area contributed by atoms with Crippen LogP contribution in [0.15, 0.2) is 50.8 Å². The molecule has 3 aromatic heterocycles. The molecule has 0 aromatic carbocycles. The zero-order chi connectivity index (χ0) is 17.3. The first-order valence-corrected chi connectivity index (χ1v) is 9.99. The molecule has 9 heteroatoms. The van der Waals surface area contributed by atoms with Crippen LogP contribution >= 0.6 is 11.3 Å². The molecule has 1 aliphatic heterocycles. The van der Waals surface area contributed by atoms with Crippen molar-refractivity contribution in [1.29, 1.82) is 0 Å². The van der Waals surface area contributed by atoms with Gasteiger partial charge in [-0.05, 0) is 23.6 Å². The van der Waals surface area contributed by atoms with E-state index < -0.39 is 10.0 Å². The molecule has 1 aliphatic rings. The lowest BCUT2D eigenvalue weighted by Crippen LogP contribution is -2.35. The molecule has 0 fully saturated rings. The molecule has 4 rings (SSSR count). The fraction of sp³-hybridized carbons (Fsp3) is 0.250. The van der Waals surface area contributed by atoms with Gasteiger partial charge in [0.05, 0.1) is 6.20 Å². The van der Waals surface area contributed by atoms with Gasteiger partial charge in [-0.15, -0.1) is 11.3 Å². The van der Waals surface area contributed by atoms with Gasteiger partial charge in [0, 0.05) is 31.3 Å². The first-order chi connectivity index (χ1) is 12.1. The maximum absolute atomic E-state index is 12.7. The van der Waals surface area contributed by atoms with Crippen molar-refractivity contribution in [3.63, 3.8) is 0 Å². The summed E-state index contributed by atoms with van der Waals surface area (Å²) < 4.78 is 38.3. The summed E-state index contributed by atoms with van der Waals surface area (Å²) >= 11 is 1.22. The fourth-order valence-electron chi connectivity index (χ4n) is 2.68. The van der Waals surface area contributed by atoms with Crippen LogP contribution < -0.4 is 4.74 Å². The monoisotopic (exact) mass is 377 g/mol. The Hall–Kier alpha value is -2.23. The number of pyridine rings is 1. The highest BCUT2D eigenvalue weighted by atomic mass is 32.2. The second-order valence-corrected chi connectivity index (χ2v) is 8.64. The molecular weight excluding hydrogens is 362 g/mol. The van der Waals surface area contributed by atoms with Crippen LogP contribution in [0.1, 0.15) is 17.0 Å². The summed E-state index contributed by atoms with van der Waals surface area (Å²) in [6, 6.07) is 6.94. The molecule has 0 amide bonds. The Labute approximate surface area is 148 Å². The number of hydrogen-bond acceptors (Lipinski definition) is 7. The van der Waals surface area contributed by atoms with Gasteiger partial charge in [0.25, 0.3) is 10.0 Å². The average Bonchev–Trinajstić information content (AvgIpc) is 3.31. The zero-order valence-electron chi connectivity index (χ0n) is 13.2. The lowest BCUT2D eigenvalue weighted by Gasteiger charge is -2.24. The van der Waals surface area contributed by atoms with E-state index in [1.54, 1.807) is 42.0 Å². The predicted octanol–water partition coefficient (Wildman–Crippen LogP) is 2.46. The topological polar surface area (TPSA) is 85.5 Å². The molecule has 0 unspecified atom stereocenters. The van der Waals surface area contributed by atoms with E-state index in [-0.39, 0.29) is 13.2 Å². The largest absolute Gasteiger partial charge is 0.486 e. The minimum atomic E-state index is -3.49. The number of rotatable bonds is 5. The normalized spacial score (nSPS) is 15.0. The SMILES string of the molecule is O=S(=O)(c1cccs1)N1CCc2onc(COc3cccnc3)c2C1. The van der Waals surface area contributed by atoms with Gasteiger partial charge < -0.3 is 9.26 Å². The molecule has 3 aromatic rings. The molecule has 0 saturated heterocycles. The summed E-state index contributed by atoms with van der Waals surface area (Å²) in [7, 11) is -3.49. The molecular formula is C16H15N3O4S2. The van der Waals surface area contributed by atoms with Crippen molar-refractivity contribution in [3.8, 4) is 5.75 Å². The number of fused-ring (bicyclic) bond motifs is 1. The van der Waals surface area contributed by atoms with Crippen molar-refractivity contribution in [1.82, 2.24) is 14.4 Å². The Kier molecular flexibility index (Phi) is 4.28. The van der Waals surface area contributed by atoms with E-state index in [1.807, 2.05) is 0 Å². The van der Waals surface area contributed by atoms with Crippen LogP contribution in [0.3, 0.4) is 0 Å². The van der Waals surface area contributed by atoms with Gasteiger partial charge in [0.15, 0.2) is 0 Å². The molecule has 4 heterocycles. The van der Waals surface area contributed by atoms with Crippen LogP contribution in [0.5, 0.6) is 5.75 Å². The van der Waals surface area contributed by atoms with Gasteiger partial charge >= 0.3 is 0 Å². The predicted molar refractivity (Wildman–Crippen MR) is 90.7 cm³/mol. The van der Waals surface area contributed by atoms with E-state index in [4.69, 9.17) is 9.26 Å². The Morgan fingerprint density at radius 3 is 3.00 bits per heavy atom. The second kappa shape index (κ2) is 6.58. The van der Waals surface area contributed by atoms with Crippen LogP contribution in [0.4, 0.5) is 0 Å². The maximum atomic E-state index is 12.7. The molecule has 0 N–H and O–H groups in total. The highest BCUT2D eigenvalue weighted by Gasteiger charge is 2.32. The first kappa shape index (κ1) is 16.2. The molecule has 0 saturated carbocycles. The van der Waals surface area contributed by atoms with Gasteiger partial charge in [-0.3, -0.25) is 4.98 Å². The van der Waals surface area contributed by atoms with E-state index in [9.17, 15) is 8.42 Å². The number of sulfonamides is 1. The number of nitrogens with zero attached hydrogens (tertiary/aromatic N) is 3. The summed E-state index contributed by atoms with van der Waals surface area (Å²) in [6.07, 6.45) is 3.78. The Balaban J connectivity index is 1.54. The number of aromatic nitrogens is 2. The van der Waals surface area contributed by atoms with Gasteiger partial charge in [-0.25, -0.2) is 8.42 Å². The smallest absolute Gasteiger partial charge is 0.252 e. The lowest BCUT2D eigenvalue weighted by atomic mass is 10.1. The Morgan fingerprint density at radius 1 is 1.32 bits per heavy atom. The van der Waals surface area contributed by atoms with E-state index >= 15 is 0 Å². The summed E-state index contributed by atoms with van der Waals surface area (Å²) in [5.41, 5.74) is 1.40. The maximum Gasteiger partial charge on any atom is 0.252 e. The fourth-order valence-corrected chi connectivity index (χ4v) is 5.23. The van der Waals surface area contributed by atoms with Gasteiger partial charge in [-0.2, -0.15) is 4.31 Å². The number of thiophene rings is 1. The molecule has 0 bridgehead atoms. The minimum Gasteiger partial charge on any atom is -0.486 e. The van der Waals surface area contributed by atoms with Crippen LogP contribution in [0.2, 0.25) is 0 Å². The van der Waals surface area contributed by atoms with Gasteiger partial charge in [0.1, 0.15) is 28.0 Å². The van der Waals surface area contributed by atoms with E-state index in [1.165, 1.54) is 15.6 Å². The van der Waals surface area contributed by atoms with Crippen molar-refractivity contribution in [2.75, 3.05) is 6.54 Å². The van der Waals surface area contributed by atoms with Crippen molar-refractivity contribution >= 4 is 21.4 Å². The average molecular weight is 377 g/mol. The molecule has 130 valence electrons. The quantitative estimate of drug-likeness (QED) is 0.679. The van der Waals surface area contributed by atoms with Crippen molar-refractivity contribution < 1.29 is 17.7 Å². The zero-order valence-corrected chi connectivity index (χ0v) is 14.8. The third-order valence-electron chi connectivity index (χ3n) is 3.97. The molecule has 0 radical (unpaired) electrons. The highest BCUT2D eigenvalue weighted by Crippen LogP contribution is 2.29. The standard InChI is InChI=1S/C16H15N3O4S2/c20-25(21,16-4-2-8-24-16)19-7-5-15-13(10-19)14(18-23-15)11-22-12-3-1-6-17-9-12/h1-4,6,8-9H,5,7,10-11H2. The van der Waals surface area contributed by atoms with Gasteiger partial charge in [0.2, 0.25) is 0 Å².